The lowest BCUT2D eigenvalue weighted by molar-refractivity contribution is -0.116. The van der Waals surface area contributed by atoms with Crippen molar-refractivity contribution >= 4 is 39.1 Å². The highest BCUT2D eigenvalue weighted by molar-refractivity contribution is 9.10. The van der Waals surface area contributed by atoms with E-state index in [-0.39, 0.29) is 30.2 Å². The molecule has 1 N–H and O–H groups in total. The summed E-state index contributed by atoms with van der Waals surface area (Å²) in [6.07, 6.45) is 0.105. The van der Waals surface area contributed by atoms with Crippen LogP contribution in [0.4, 0.5) is 5.69 Å². The number of nitrogens with one attached hydrogen (secondary N) is 1. The number of carbonyl (C=O) groups excluding carboxylic acids is 1. The highest BCUT2D eigenvalue weighted by atomic mass is 79.9. The number of carbonyl (C=O) groups is 1. The van der Waals surface area contributed by atoms with Crippen molar-refractivity contribution < 1.29 is 9.53 Å². The van der Waals surface area contributed by atoms with Crippen LogP contribution in [0.1, 0.15) is 12.1 Å². The lowest BCUT2D eigenvalue weighted by Crippen LogP contribution is -2.23. The third kappa shape index (κ3) is 4.31. The minimum Gasteiger partial charge on any atom is -0.492 e. The van der Waals surface area contributed by atoms with Crippen LogP contribution in [0.3, 0.4) is 0 Å². The number of para-hydroxylation sites is 1. The van der Waals surface area contributed by atoms with E-state index in [1.54, 1.807) is 36.9 Å². The summed E-state index contributed by atoms with van der Waals surface area (Å²) >= 11 is 9.26. The first kappa shape index (κ1) is 20.2. The molecule has 0 aliphatic rings. The number of aromatic nitrogens is 2. The van der Waals surface area contributed by atoms with E-state index in [1.165, 1.54) is 4.68 Å². The smallest absolute Gasteiger partial charge is 0.295 e. The summed E-state index contributed by atoms with van der Waals surface area (Å²) < 4.78 is 9.55. The van der Waals surface area contributed by atoms with Gasteiger partial charge in [0.25, 0.3) is 5.56 Å². The van der Waals surface area contributed by atoms with E-state index in [2.05, 4.69) is 21.2 Å². The first-order valence-corrected chi connectivity index (χ1v) is 9.77. The molecule has 0 atom stereocenters. The molecule has 2 aromatic carbocycles. The summed E-state index contributed by atoms with van der Waals surface area (Å²) in [4.78, 5) is 25.1. The van der Waals surface area contributed by atoms with Gasteiger partial charge in [-0.25, -0.2) is 4.68 Å². The van der Waals surface area contributed by atoms with E-state index in [0.29, 0.717) is 20.9 Å². The topological polar surface area (TPSA) is 65.3 Å². The third-order valence-corrected chi connectivity index (χ3v) is 5.15. The molecule has 28 heavy (non-hydrogen) atoms. The minimum atomic E-state index is -0.295. The monoisotopic (exact) mass is 463 g/mol. The molecule has 0 fully saturated rings. The van der Waals surface area contributed by atoms with Crippen molar-refractivity contribution in [3.63, 3.8) is 0 Å². The van der Waals surface area contributed by atoms with Crippen LogP contribution in [0.25, 0.3) is 5.69 Å². The average Bonchev–Trinajstić information content (AvgIpc) is 2.87. The van der Waals surface area contributed by atoms with Gasteiger partial charge >= 0.3 is 0 Å². The number of nitrogens with zero attached hydrogens (tertiary/aromatic N) is 2. The minimum absolute atomic E-state index is 0.105. The Hall–Kier alpha value is -2.51. The maximum absolute atomic E-state index is 12.8. The number of benzene rings is 2. The highest BCUT2D eigenvalue weighted by Gasteiger charge is 2.18. The molecule has 0 aliphatic carbocycles. The van der Waals surface area contributed by atoms with Gasteiger partial charge in [0.2, 0.25) is 5.91 Å². The zero-order valence-electron chi connectivity index (χ0n) is 15.4. The van der Waals surface area contributed by atoms with Gasteiger partial charge in [-0.3, -0.25) is 14.3 Å². The van der Waals surface area contributed by atoms with Crippen LogP contribution in [0.2, 0.25) is 5.02 Å². The van der Waals surface area contributed by atoms with Crippen LogP contribution >= 0.6 is 27.5 Å². The van der Waals surface area contributed by atoms with Crippen molar-refractivity contribution in [2.45, 2.75) is 13.3 Å². The lowest BCUT2D eigenvalue weighted by Gasteiger charge is -2.08. The fourth-order valence-electron chi connectivity index (χ4n) is 2.76. The van der Waals surface area contributed by atoms with Gasteiger partial charge in [-0.1, -0.05) is 29.8 Å². The van der Waals surface area contributed by atoms with E-state index < -0.39 is 0 Å². The molecular formula is C20H19BrClN3O3. The van der Waals surface area contributed by atoms with Gasteiger partial charge < -0.3 is 10.1 Å². The van der Waals surface area contributed by atoms with Crippen molar-refractivity contribution in [1.82, 2.24) is 9.36 Å². The lowest BCUT2D eigenvalue weighted by atomic mass is 10.3. The molecule has 1 amide bonds. The summed E-state index contributed by atoms with van der Waals surface area (Å²) in [5, 5.41) is 3.30. The number of hydrogen-bond acceptors (Lipinski definition) is 3. The SMILES string of the molecule is Cc1c(NC(=O)CCOc2ccc(Cl)cc2Br)c(=O)n(-c2ccccc2)n1C. The first-order chi connectivity index (χ1) is 13.4. The van der Waals surface area contributed by atoms with Crippen molar-refractivity contribution in [2.75, 3.05) is 11.9 Å². The Labute approximate surface area is 175 Å². The molecule has 0 bridgehead atoms. The number of rotatable bonds is 6. The quantitative estimate of drug-likeness (QED) is 0.591. The molecule has 3 aromatic rings. The number of halogens is 2. The predicted octanol–water partition coefficient (Wildman–Crippen LogP) is 4.31. The van der Waals surface area contributed by atoms with Crippen molar-refractivity contribution in [1.29, 1.82) is 0 Å². The Bertz CT molecular complexity index is 1060. The van der Waals surface area contributed by atoms with Crippen LogP contribution in [-0.2, 0) is 11.8 Å². The van der Waals surface area contributed by atoms with Gasteiger partial charge in [0.05, 0.1) is 28.9 Å². The molecule has 0 unspecified atom stereocenters. The van der Waals surface area contributed by atoms with Gasteiger partial charge in [0.15, 0.2) is 0 Å². The van der Waals surface area contributed by atoms with Crippen LogP contribution in [0.15, 0.2) is 57.8 Å². The molecule has 0 radical (unpaired) electrons. The second kappa shape index (κ2) is 8.67. The van der Waals surface area contributed by atoms with Gasteiger partial charge in [-0.2, -0.15) is 0 Å². The van der Waals surface area contributed by atoms with E-state index in [1.807, 2.05) is 30.3 Å². The summed E-state index contributed by atoms with van der Waals surface area (Å²) in [6.45, 7) is 1.96. The van der Waals surface area contributed by atoms with Gasteiger partial charge in [-0.15, -0.1) is 0 Å². The molecule has 1 aromatic heterocycles. The Kier molecular flexibility index (Phi) is 6.26. The fourth-order valence-corrected chi connectivity index (χ4v) is 3.56. The fraction of sp³-hybridized carbons (Fsp3) is 0.200. The molecule has 0 saturated carbocycles. The Morgan fingerprint density at radius 1 is 1.21 bits per heavy atom. The van der Waals surface area contributed by atoms with Crippen LogP contribution in [-0.4, -0.2) is 21.9 Å². The Balaban J connectivity index is 1.68. The largest absolute Gasteiger partial charge is 0.492 e. The summed E-state index contributed by atoms with van der Waals surface area (Å²) in [5.41, 5.74) is 1.39. The maximum Gasteiger partial charge on any atom is 0.295 e. The molecule has 6 nitrogen and oxygen atoms in total. The van der Waals surface area contributed by atoms with Crippen LogP contribution in [0.5, 0.6) is 5.75 Å². The molecule has 0 saturated heterocycles. The molecule has 0 spiro atoms. The van der Waals surface area contributed by atoms with Crippen molar-refractivity contribution in [3.05, 3.63) is 74.1 Å². The van der Waals surface area contributed by atoms with E-state index in [9.17, 15) is 9.59 Å². The molecule has 1 heterocycles. The second-order valence-electron chi connectivity index (χ2n) is 6.16. The van der Waals surface area contributed by atoms with E-state index >= 15 is 0 Å². The number of ether oxygens (including phenoxy) is 1. The van der Waals surface area contributed by atoms with E-state index in [4.69, 9.17) is 16.3 Å². The zero-order chi connectivity index (χ0) is 20.3. The van der Waals surface area contributed by atoms with Gasteiger partial charge in [0.1, 0.15) is 11.4 Å². The number of amides is 1. The highest BCUT2D eigenvalue weighted by Crippen LogP contribution is 2.28. The molecule has 8 heteroatoms. The first-order valence-electron chi connectivity index (χ1n) is 8.60. The van der Waals surface area contributed by atoms with Gasteiger partial charge in [0, 0.05) is 12.1 Å². The summed E-state index contributed by atoms with van der Waals surface area (Å²) in [7, 11) is 1.78. The third-order valence-electron chi connectivity index (χ3n) is 4.30. The maximum atomic E-state index is 12.8. The van der Waals surface area contributed by atoms with Crippen molar-refractivity contribution in [3.8, 4) is 11.4 Å². The molecule has 0 aliphatic heterocycles. The second-order valence-corrected chi connectivity index (χ2v) is 7.45. The normalized spacial score (nSPS) is 10.7. The van der Waals surface area contributed by atoms with Crippen LogP contribution in [0, 0.1) is 6.92 Å². The summed E-state index contributed by atoms with van der Waals surface area (Å²) in [5.74, 6) is 0.302. The molecule has 146 valence electrons. The van der Waals surface area contributed by atoms with Gasteiger partial charge in [-0.05, 0) is 53.2 Å². The zero-order valence-corrected chi connectivity index (χ0v) is 17.8. The molecule has 3 rings (SSSR count). The van der Waals surface area contributed by atoms with Crippen LogP contribution < -0.4 is 15.6 Å². The van der Waals surface area contributed by atoms with E-state index in [0.717, 1.165) is 5.69 Å². The summed E-state index contributed by atoms with van der Waals surface area (Å²) in [6, 6.07) is 14.4. The predicted molar refractivity (Wildman–Crippen MR) is 114 cm³/mol. The molecular weight excluding hydrogens is 446 g/mol. The Morgan fingerprint density at radius 3 is 2.61 bits per heavy atom. The average molecular weight is 465 g/mol. The number of anilines is 1. The Morgan fingerprint density at radius 2 is 1.93 bits per heavy atom. The standard InChI is InChI=1S/C20H19BrClN3O3/c1-13-19(20(27)25(24(13)2)15-6-4-3-5-7-15)23-18(26)10-11-28-17-9-8-14(22)12-16(17)21/h3-9,12H,10-11H2,1-2H3,(H,23,26). The van der Waals surface area contributed by atoms with Crippen molar-refractivity contribution in [2.24, 2.45) is 7.05 Å². The number of hydrogen-bond donors (Lipinski definition) is 1.